The van der Waals surface area contributed by atoms with Gasteiger partial charge in [0.25, 0.3) is 0 Å². The molecule has 4 nitrogen and oxygen atoms in total. The van der Waals surface area contributed by atoms with Crippen molar-refractivity contribution in [3.8, 4) is 0 Å². The van der Waals surface area contributed by atoms with Gasteiger partial charge in [-0.1, -0.05) is 0 Å². The second-order valence-corrected chi connectivity index (χ2v) is 7.06. The summed E-state index contributed by atoms with van der Waals surface area (Å²) < 4.78 is 16.1. The maximum absolute atomic E-state index is 5.35. The van der Waals surface area contributed by atoms with Crippen LogP contribution in [0.3, 0.4) is 0 Å². The summed E-state index contributed by atoms with van der Waals surface area (Å²) in [6.07, 6.45) is 1.04. The summed E-state index contributed by atoms with van der Waals surface area (Å²) >= 11 is 0. The molecule has 0 atom stereocenters. The Hall–Kier alpha value is 0.0569. The van der Waals surface area contributed by atoms with Gasteiger partial charge in [-0.25, -0.2) is 0 Å². The van der Waals surface area contributed by atoms with Crippen LogP contribution in [0.5, 0.6) is 0 Å². The molecule has 0 heterocycles. The van der Waals surface area contributed by atoms with E-state index < -0.39 is 8.80 Å². The van der Waals surface area contributed by atoms with Crippen LogP contribution < -0.4 is 0 Å². The average Bonchev–Trinajstić information content (AvgIpc) is 2.24. The summed E-state index contributed by atoms with van der Waals surface area (Å²) in [6, 6.07) is 1.45. The van der Waals surface area contributed by atoms with Crippen molar-refractivity contribution in [2.75, 3.05) is 34.9 Å². The third-order valence-corrected chi connectivity index (χ3v) is 5.64. The molecule has 0 radical (unpaired) electrons. The van der Waals surface area contributed by atoms with Crippen molar-refractivity contribution >= 4 is 8.80 Å². The minimum Gasteiger partial charge on any atom is -0.377 e. The van der Waals surface area contributed by atoms with Crippen molar-refractivity contribution in [3.63, 3.8) is 0 Å². The SMILES string of the molecule is CO[Si](CCCN(C)C(C)C)(OC)OC. The predicted octanol–water partition coefficient (Wildman–Crippen LogP) is 1.59. The highest BCUT2D eigenvalue weighted by Crippen LogP contribution is 2.15. The van der Waals surface area contributed by atoms with Gasteiger partial charge in [0.05, 0.1) is 0 Å². The molecule has 0 aromatic heterocycles. The fourth-order valence-corrected chi connectivity index (χ4v) is 3.06. The molecule has 0 fully saturated rings. The van der Waals surface area contributed by atoms with Crippen molar-refractivity contribution in [3.05, 3.63) is 0 Å². The van der Waals surface area contributed by atoms with Crippen LogP contribution in [0.4, 0.5) is 0 Å². The van der Waals surface area contributed by atoms with Crippen LogP contribution in [0.2, 0.25) is 6.04 Å². The number of hydrogen-bond acceptors (Lipinski definition) is 4. The Bertz CT molecular complexity index is 154. The molecule has 0 spiro atoms. The van der Waals surface area contributed by atoms with Gasteiger partial charge in [-0.05, 0) is 33.9 Å². The molecule has 0 bridgehead atoms. The van der Waals surface area contributed by atoms with Gasteiger partial charge in [-0.3, -0.25) is 0 Å². The normalized spacial score (nSPS) is 12.8. The Morgan fingerprint density at radius 2 is 1.53 bits per heavy atom. The van der Waals surface area contributed by atoms with Gasteiger partial charge in [0.15, 0.2) is 0 Å². The van der Waals surface area contributed by atoms with Crippen molar-refractivity contribution in [1.29, 1.82) is 0 Å². The van der Waals surface area contributed by atoms with Gasteiger partial charge in [0.2, 0.25) is 0 Å². The molecule has 92 valence electrons. The minimum atomic E-state index is -2.35. The maximum atomic E-state index is 5.35. The number of hydrogen-bond donors (Lipinski definition) is 0. The molecule has 0 aliphatic rings. The van der Waals surface area contributed by atoms with Gasteiger partial charge in [0.1, 0.15) is 0 Å². The first-order valence-corrected chi connectivity index (χ1v) is 7.30. The Morgan fingerprint density at radius 3 is 1.87 bits per heavy atom. The van der Waals surface area contributed by atoms with Gasteiger partial charge >= 0.3 is 8.80 Å². The highest BCUT2D eigenvalue weighted by atomic mass is 28.4. The fraction of sp³-hybridized carbons (Fsp3) is 1.00. The van der Waals surface area contributed by atoms with Crippen LogP contribution in [0.25, 0.3) is 0 Å². The lowest BCUT2D eigenvalue weighted by molar-refractivity contribution is 0.121. The smallest absolute Gasteiger partial charge is 0.377 e. The molecule has 0 saturated heterocycles. The van der Waals surface area contributed by atoms with Crippen LogP contribution >= 0.6 is 0 Å². The van der Waals surface area contributed by atoms with E-state index in [2.05, 4.69) is 25.8 Å². The summed E-state index contributed by atoms with van der Waals surface area (Å²) in [5, 5.41) is 0. The van der Waals surface area contributed by atoms with Crippen LogP contribution in [0.15, 0.2) is 0 Å². The minimum absolute atomic E-state index is 0.578. The second-order valence-electron chi connectivity index (χ2n) is 3.97. The van der Waals surface area contributed by atoms with E-state index >= 15 is 0 Å². The molecule has 0 unspecified atom stereocenters. The van der Waals surface area contributed by atoms with E-state index in [0.29, 0.717) is 6.04 Å². The van der Waals surface area contributed by atoms with Crippen molar-refractivity contribution in [1.82, 2.24) is 4.90 Å². The Kier molecular flexibility index (Phi) is 7.38. The lowest BCUT2D eigenvalue weighted by Gasteiger charge is -2.26. The first-order valence-electron chi connectivity index (χ1n) is 5.37. The largest absolute Gasteiger partial charge is 0.500 e. The molecule has 0 aromatic carbocycles. The van der Waals surface area contributed by atoms with Crippen molar-refractivity contribution in [2.45, 2.75) is 32.4 Å². The Balaban J connectivity index is 3.91. The van der Waals surface area contributed by atoms with Gasteiger partial charge in [-0.2, -0.15) is 0 Å². The third-order valence-electron chi connectivity index (χ3n) is 2.81. The van der Waals surface area contributed by atoms with E-state index in [1.165, 1.54) is 0 Å². The van der Waals surface area contributed by atoms with Crippen LogP contribution in [-0.4, -0.2) is 54.7 Å². The van der Waals surface area contributed by atoms with Gasteiger partial charge < -0.3 is 18.2 Å². The molecule has 0 aliphatic heterocycles. The molecule has 0 saturated carbocycles. The van der Waals surface area contributed by atoms with Crippen molar-refractivity contribution < 1.29 is 13.3 Å². The summed E-state index contributed by atoms with van der Waals surface area (Å²) in [5.74, 6) is 0. The standard InChI is InChI=1S/C10H25NO3Si/c1-10(2)11(3)8-7-9-15(12-4,13-5)14-6/h10H,7-9H2,1-6H3. The fourth-order valence-electron chi connectivity index (χ4n) is 1.36. The predicted molar refractivity (Wildman–Crippen MR) is 64.0 cm³/mol. The molecule has 0 amide bonds. The van der Waals surface area contributed by atoms with E-state index in [1.807, 2.05) is 0 Å². The van der Waals surface area contributed by atoms with E-state index in [0.717, 1.165) is 19.0 Å². The number of rotatable bonds is 8. The van der Waals surface area contributed by atoms with Gasteiger partial charge in [0, 0.05) is 33.4 Å². The molecular weight excluding hydrogens is 210 g/mol. The summed E-state index contributed by atoms with van der Waals surface area (Å²) in [4.78, 5) is 2.31. The molecule has 0 aromatic rings. The first-order chi connectivity index (χ1) is 7.01. The molecule has 0 N–H and O–H groups in total. The van der Waals surface area contributed by atoms with E-state index in [-0.39, 0.29) is 0 Å². The quantitative estimate of drug-likeness (QED) is 0.598. The second kappa shape index (κ2) is 7.35. The third kappa shape index (κ3) is 5.08. The molecule has 0 rings (SSSR count). The van der Waals surface area contributed by atoms with Crippen LogP contribution in [-0.2, 0) is 13.3 Å². The lowest BCUT2D eigenvalue weighted by Crippen LogP contribution is -2.43. The van der Waals surface area contributed by atoms with E-state index in [9.17, 15) is 0 Å². The highest BCUT2D eigenvalue weighted by molar-refractivity contribution is 6.60. The monoisotopic (exact) mass is 235 g/mol. The number of nitrogens with zero attached hydrogens (tertiary/aromatic N) is 1. The summed E-state index contributed by atoms with van der Waals surface area (Å²) in [5.41, 5.74) is 0. The zero-order valence-corrected chi connectivity index (χ0v) is 11.9. The summed E-state index contributed by atoms with van der Waals surface area (Å²) in [7, 11) is 4.75. The lowest BCUT2D eigenvalue weighted by atomic mass is 10.3. The summed E-state index contributed by atoms with van der Waals surface area (Å²) in [6.45, 7) is 5.42. The zero-order chi connectivity index (χ0) is 11.9. The Morgan fingerprint density at radius 1 is 1.07 bits per heavy atom. The van der Waals surface area contributed by atoms with Crippen LogP contribution in [0, 0.1) is 0 Å². The Labute approximate surface area is 94.9 Å². The molecular formula is C10H25NO3Si. The van der Waals surface area contributed by atoms with E-state index in [4.69, 9.17) is 13.3 Å². The zero-order valence-electron chi connectivity index (χ0n) is 10.9. The van der Waals surface area contributed by atoms with E-state index in [1.54, 1.807) is 21.3 Å². The van der Waals surface area contributed by atoms with Crippen LogP contribution in [0.1, 0.15) is 20.3 Å². The maximum Gasteiger partial charge on any atom is 0.500 e. The molecule has 5 heteroatoms. The molecule has 15 heavy (non-hydrogen) atoms. The van der Waals surface area contributed by atoms with Crippen molar-refractivity contribution in [2.24, 2.45) is 0 Å². The highest BCUT2D eigenvalue weighted by Gasteiger charge is 2.36. The van der Waals surface area contributed by atoms with Gasteiger partial charge in [-0.15, -0.1) is 0 Å². The molecule has 0 aliphatic carbocycles. The topological polar surface area (TPSA) is 30.9 Å². The average molecular weight is 235 g/mol. The first kappa shape index (κ1) is 15.1.